The fraction of sp³-hybridized carbons (Fsp3) is 0.647. The summed E-state index contributed by atoms with van der Waals surface area (Å²) in [5.74, 6) is 0. The van der Waals surface area contributed by atoms with Crippen molar-refractivity contribution in [3.63, 3.8) is 0 Å². The van der Waals surface area contributed by atoms with Crippen molar-refractivity contribution >= 4 is 0 Å². The Morgan fingerprint density at radius 2 is 1.90 bits per heavy atom. The second-order valence-electron chi connectivity index (χ2n) is 5.72. The van der Waals surface area contributed by atoms with Gasteiger partial charge in [0.15, 0.2) is 0 Å². The van der Waals surface area contributed by atoms with Crippen molar-refractivity contribution in [2.45, 2.75) is 45.2 Å². The third-order valence-corrected chi connectivity index (χ3v) is 4.18. The normalized spacial score (nSPS) is 14.8. The molecule has 0 radical (unpaired) electrons. The molecule has 0 spiro atoms. The molecule has 0 bridgehead atoms. The Bertz CT molecular complexity index is 361. The highest BCUT2D eigenvalue weighted by molar-refractivity contribution is 5.18. The number of hydrogen-bond donors (Lipinski definition) is 1. The van der Waals surface area contributed by atoms with Crippen LogP contribution in [0.1, 0.15) is 32.8 Å². The topological polar surface area (TPSA) is 38.5 Å². The van der Waals surface area contributed by atoms with E-state index in [0.717, 1.165) is 26.0 Å². The monoisotopic (exact) mass is 278 g/mol. The lowest BCUT2D eigenvalue weighted by Gasteiger charge is -2.45. The Labute approximate surface area is 124 Å². The maximum atomic E-state index is 6.19. The summed E-state index contributed by atoms with van der Waals surface area (Å²) < 4.78 is 5.27. The summed E-state index contributed by atoms with van der Waals surface area (Å²) in [6.07, 6.45) is 2.03. The van der Waals surface area contributed by atoms with Gasteiger partial charge in [-0.05, 0) is 32.3 Å². The van der Waals surface area contributed by atoms with Crippen molar-refractivity contribution in [1.29, 1.82) is 0 Å². The molecule has 3 nitrogen and oxygen atoms in total. The molecule has 1 aromatic rings. The van der Waals surface area contributed by atoms with Crippen LogP contribution in [0.25, 0.3) is 0 Å². The molecule has 1 atom stereocenters. The number of nitrogens with two attached hydrogens (primary N) is 1. The Kier molecular flexibility index (Phi) is 7.20. The van der Waals surface area contributed by atoms with Gasteiger partial charge < -0.3 is 10.5 Å². The molecule has 0 aliphatic rings. The lowest BCUT2D eigenvalue weighted by Crippen LogP contribution is -2.58. The average molecular weight is 278 g/mol. The summed E-state index contributed by atoms with van der Waals surface area (Å²) in [4.78, 5) is 2.50. The van der Waals surface area contributed by atoms with Crippen LogP contribution in [0.15, 0.2) is 30.3 Å². The zero-order valence-electron chi connectivity index (χ0n) is 13.4. The minimum absolute atomic E-state index is 0.00799. The summed E-state index contributed by atoms with van der Waals surface area (Å²) in [5.41, 5.74) is 7.55. The standard InChI is InChI=1S/C17H30N2O/c1-5-17(14-18,13-16-9-7-6-8-10-16)19(15(2)3)11-12-20-4/h6-10,15H,5,11-14,18H2,1-4H3. The van der Waals surface area contributed by atoms with Crippen molar-refractivity contribution in [3.8, 4) is 0 Å². The van der Waals surface area contributed by atoms with Gasteiger partial charge >= 0.3 is 0 Å². The molecule has 0 aliphatic heterocycles. The summed E-state index contributed by atoms with van der Waals surface area (Å²) in [6.45, 7) is 9.04. The van der Waals surface area contributed by atoms with Gasteiger partial charge in [-0.25, -0.2) is 0 Å². The van der Waals surface area contributed by atoms with Crippen LogP contribution in [0.5, 0.6) is 0 Å². The zero-order chi connectivity index (χ0) is 15.0. The Balaban J connectivity index is 2.97. The van der Waals surface area contributed by atoms with Crippen LogP contribution >= 0.6 is 0 Å². The molecule has 20 heavy (non-hydrogen) atoms. The van der Waals surface area contributed by atoms with Crippen LogP contribution in [-0.4, -0.2) is 43.3 Å². The van der Waals surface area contributed by atoms with Crippen LogP contribution in [-0.2, 0) is 11.2 Å². The van der Waals surface area contributed by atoms with Crippen molar-refractivity contribution in [2.24, 2.45) is 5.73 Å². The lowest BCUT2D eigenvalue weighted by atomic mass is 9.85. The van der Waals surface area contributed by atoms with E-state index in [-0.39, 0.29) is 5.54 Å². The van der Waals surface area contributed by atoms with Gasteiger partial charge in [-0.3, -0.25) is 4.90 Å². The molecule has 0 heterocycles. The summed E-state index contributed by atoms with van der Waals surface area (Å²) in [5, 5.41) is 0. The first-order valence-corrected chi connectivity index (χ1v) is 7.59. The Hall–Kier alpha value is -0.900. The number of nitrogens with zero attached hydrogens (tertiary/aromatic N) is 1. The Morgan fingerprint density at radius 1 is 1.25 bits per heavy atom. The fourth-order valence-corrected chi connectivity index (χ4v) is 2.97. The van der Waals surface area contributed by atoms with Crippen molar-refractivity contribution < 1.29 is 4.74 Å². The maximum absolute atomic E-state index is 6.19. The molecule has 0 aliphatic carbocycles. The molecule has 0 amide bonds. The van der Waals surface area contributed by atoms with Gasteiger partial charge in [-0.2, -0.15) is 0 Å². The van der Waals surface area contributed by atoms with E-state index < -0.39 is 0 Å². The predicted octanol–water partition coefficient (Wildman–Crippen LogP) is 2.69. The van der Waals surface area contributed by atoms with Gasteiger partial charge in [-0.15, -0.1) is 0 Å². The fourth-order valence-electron chi connectivity index (χ4n) is 2.97. The number of ether oxygens (including phenoxy) is 1. The van der Waals surface area contributed by atoms with Gasteiger partial charge in [0, 0.05) is 31.8 Å². The highest BCUT2D eigenvalue weighted by Crippen LogP contribution is 2.26. The molecule has 1 aromatic carbocycles. The van der Waals surface area contributed by atoms with Gasteiger partial charge in [0.05, 0.1) is 6.61 Å². The third kappa shape index (κ3) is 4.30. The second kappa shape index (κ2) is 8.40. The highest BCUT2D eigenvalue weighted by Gasteiger charge is 2.35. The maximum Gasteiger partial charge on any atom is 0.0590 e. The van der Waals surface area contributed by atoms with Crippen molar-refractivity contribution in [3.05, 3.63) is 35.9 Å². The molecular weight excluding hydrogens is 248 g/mol. The summed E-state index contributed by atoms with van der Waals surface area (Å²) >= 11 is 0. The number of benzene rings is 1. The molecule has 0 aromatic heterocycles. The van der Waals surface area contributed by atoms with Crippen LogP contribution in [0, 0.1) is 0 Å². The SMILES string of the molecule is CCC(CN)(Cc1ccccc1)N(CCOC)C(C)C. The molecule has 0 fully saturated rings. The summed E-state index contributed by atoms with van der Waals surface area (Å²) in [6, 6.07) is 11.1. The molecule has 0 saturated carbocycles. The van der Waals surface area contributed by atoms with E-state index in [4.69, 9.17) is 10.5 Å². The number of rotatable bonds is 9. The van der Waals surface area contributed by atoms with Gasteiger partial charge in [-0.1, -0.05) is 37.3 Å². The number of methoxy groups -OCH3 is 1. The molecular formula is C17H30N2O. The molecule has 114 valence electrons. The van der Waals surface area contributed by atoms with Crippen LogP contribution in [0.4, 0.5) is 0 Å². The van der Waals surface area contributed by atoms with E-state index in [0.29, 0.717) is 12.6 Å². The largest absolute Gasteiger partial charge is 0.383 e. The first-order chi connectivity index (χ1) is 9.59. The van der Waals surface area contributed by atoms with Crippen molar-refractivity contribution in [2.75, 3.05) is 26.8 Å². The van der Waals surface area contributed by atoms with Gasteiger partial charge in [0.2, 0.25) is 0 Å². The van der Waals surface area contributed by atoms with Crippen LogP contribution in [0.3, 0.4) is 0 Å². The van der Waals surface area contributed by atoms with E-state index in [2.05, 4.69) is 56.0 Å². The third-order valence-electron chi connectivity index (χ3n) is 4.18. The van der Waals surface area contributed by atoms with Crippen LogP contribution < -0.4 is 5.73 Å². The zero-order valence-corrected chi connectivity index (χ0v) is 13.4. The van der Waals surface area contributed by atoms with E-state index >= 15 is 0 Å². The van der Waals surface area contributed by atoms with Gasteiger partial charge in [0.1, 0.15) is 0 Å². The second-order valence-corrected chi connectivity index (χ2v) is 5.72. The van der Waals surface area contributed by atoms with E-state index in [1.807, 2.05) is 0 Å². The van der Waals surface area contributed by atoms with Gasteiger partial charge in [0.25, 0.3) is 0 Å². The van der Waals surface area contributed by atoms with E-state index in [9.17, 15) is 0 Å². The quantitative estimate of drug-likeness (QED) is 0.755. The average Bonchev–Trinajstić information content (AvgIpc) is 2.47. The Morgan fingerprint density at radius 3 is 2.35 bits per heavy atom. The molecule has 3 heteroatoms. The predicted molar refractivity (Wildman–Crippen MR) is 85.9 cm³/mol. The van der Waals surface area contributed by atoms with E-state index in [1.165, 1.54) is 5.56 Å². The molecule has 0 saturated heterocycles. The minimum atomic E-state index is 0.00799. The first kappa shape index (κ1) is 17.2. The first-order valence-electron chi connectivity index (χ1n) is 7.59. The minimum Gasteiger partial charge on any atom is -0.383 e. The molecule has 2 N–H and O–H groups in total. The molecule has 1 unspecified atom stereocenters. The van der Waals surface area contributed by atoms with E-state index in [1.54, 1.807) is 7.11 Å². The number of hydrogen-bond acceptors (Lipinski definition) is 3. The highest BCUT2D eigenvalue weighted by atomic mass is 16.5. The molecule has 1 rings (SSSR count). The summed E-state index contributed by atoms with van der Waals surface area (Å²) in [7, 11) is 1.76. The van der Waals surface area contributed by atoms with Crippen molar-refractivity contribution in [1.82, 2.24) is 4.90 Å². The lowest BCUT2D eigenvalue weighted by molar-refractivity contribution is 0.0311. The smallest absolute Gasteiger partial charge is 0.0590 e. The van der Waals surface area contributed by atoms with Crippen LogP contribution in [0.2, 0.25) is 0 Å².